The highest BCUT2D eigenvalue weighted by Crippen LogP contribution is 2.20. The molecule has 0 aromatic heterocycles. The van der Waals surface area contributed by atoms with Gasteiger partial charge in [0.05, 0.1) is 19.3 Å². The number of carbonyl (C=O) groups is 2. The fraction of sp³-hybridized carbons (Fsp3) is 0.900. The number of carbonyl (C=O) groups excluding carboxylic acids is 2. The fourth-order valence-corrected chi connectivity index (χ4v) is 3.37. The average Bonchev–Trinajstić information content (AvgIpc) is 2.53. The van der Waals surface area contributed by atoms with Crippen molar-refractivity contribution in [1.29, 1.82) is 0 Å². The molecule has 2 atom stereocenters. The third-order valence-electron chi connectivity index (χ3n) is 4.71. The van der Waals surface area contributed by atoms with Gasteiger partial charge in [0, 0.05) is 38.8 Å². The predicted molar refractivity (Wildman–Crippen MR) is 106 cm³/mol. The summed E-state index contributed by atoms with van der Waals surface area (Å²) in [6, 6.07) is 0.114. The molecule has 28 heavy (non-hydrogen) atoms. The summed E-state index contributed by atoms with van der Waals surface area (Å²) in [5, 5.41) is 0. The van der Waals surface area contributed by atoms with Crippen LogP contribution in [-0.2, 0) is 14.2 Å². The number of hydrogen-bond acceptors (Lipinski definition) is 6. The van der Waals surface area contributed by atoms with E-state index in [0.29, 0.717) is 39.4 Å². The maximum absolute atomic E-state index is 12.8. The molecule has 0 aliphatic carbocycles. The van der Waals surface area contributed by atoms with Gasteiger partial charge in [-0.05, 0) is 48.5 Å². The third kappa shape index (κ3) is 6.81. The second kappa shape index (κ2) is 8.86. The van der Waals surface area contributed by atoms with Gasteiger partial charge in [-0.1, -0.05) is 0 Å². The first-order chi connectivity index (χ1) is 12.9. The number of ether oxygens (including phenoxy) is 3. The minimum atomic E-state index is -0.559. The van der Waals surface area contributed by atoms with Crippen molar-refractivity contribution < 1.29 is 23.8 Å². The zero-order chi connectivity index (χ0) is 21.1. The van der Waals surface area contributed by atoms with Crippen molar-refractivity contribution in [2.24, 2.45) is 0 Å². The molecule has 0 aromatic rings. The van der Waals surface area contributed by atoms with Gasteiger partial charge in [-0.25, -0.2) is 9.59 Å². The Morgan fingerprint density at radius 1 is 0.964 bits per heavy atom. The molecule has 0 N–H and O–H groups in total. The summed E-state index contributed by atoms with van der Waals surface area (Å²) in [6.07, 6.45) is -0.668. The van der Waals surface area contributed by atoms with Gasteiger partial charge in [-0.3, -0.25) is 4.90 Å². The van der Waals surface area contributed by atoms with E-state index in [1.54, 1.807) is 9.80 Å². The molecule has 0 radical (unpaired) electrons. The predicted octanol–water partition coefficient (Wildman–Crippen LogP) is 2.56. The van der Waals surface area contributed by atoms with Crippen LogP contribution in [0.3, 0.4) is 0 Å². The molecule has 0 bridgehead atoms. The molecule has 162 valence electrons. The van der Waals surface area contributed by atoms with E-state index in [0.717, 1.165) is 6.54 Å². The van der Waals surface area contributed by atoms with Gasteiger partial charge in [0.15, 0.2) is 0 Å². The second-order valence-corrected chi connectivity index (χ2v) is 9.67. The molecule has 2 heterocycles. The molecule has 0 saturated carbocycles. The van der Waals surface area contributed by atoms with Gasteiger partial charge in [0.1, 0.15) is 11.2 Å². The lowest BCUT2D eigenvalue weighted by atomic mass is 10.1. The summed E-state index contributed by atoms with van der Waals surface area (Å²) >= 11 is 0. The molecule has 2 amide bonds. The van der Waals surface area contributed by atoms with Crippen LogP contribution in [0.25, 0.3) is 0 Å². The van der Waals surface area contributed by atoms with Gasteiger partial charge in [0.25, 0.3) is 0 Å². The van der Waals surface area contributed by atoms with Crippen molar-refractivity contribution in [3.05, 3.63) is 0 Å². The Kier molecular flexibility index (Phi) is 7.20. The van der Waals surface area contributed by atoms with E-state index in [-0.39, 0.29) is 24.3 Å². The van der Waals surface area contributed by atoms with Crippen LogP contribution in [0.1, 0.15) is 48.5 Å². The molecule has 0 unspecified atom stereocenters. The quantitative estimate of drug-likeness (QED) is 0.711. The van der Waals surface area contributed by atoms with Crippen LogP contribution < -0.4 is 0 Å². The number of hydrogen-bond donors (Lipinski definition) is 0. The smallest absolute Gasteiger partial charge is 0.410 e. The first kappa shape index (κ1) is 22.7. The van der Waals surface area contributed by atoms with E-state index in [4.69, 9.17) is 14.2 Å². The standard InChI is InChI=1S/C20H37N3O5/c1-15-14-26-11-10-21(15)12-16-13-22(17(24)27-19(2,3)4)8-9-23(16)18(25)28-20(5,6)7/h15-16H,8-14H2,1-7H3/t15-,16-/m0/s1. The zero-order valence-electron chi connectivity index (χ0n) is 18.5. The van der Waals surface area contributed by atoms with E-state index >= 15 is 0 Å². The first-order valence-electron chi connectivity index (χ1n) is 10.1. The van der Waals surface area contributed by atoms with Crippen molar-refractivity contribution in [3.8, 4) is 0 Å². The summed E-state index contributed by atoms with van der Waals surface area (Å²) in [5.74, 6) is 0. The lowest BCUT2D eigenvalue weighted by Crippen LogP contribution is -2.62. The molecular weight excluding hydrogens is 362 g/mol. The Morgan fingerprint density at radius 3 is 2.14 bits per heavy atom. The minimum absolute atomic E-state index is 0.156. The van der Waals surface area contributed by atoms with Crippen molar-refractivity contribution in [2.75, 3.05) is 45.9 Å². The molecule has 0 spiro atoms. The molecule has 2 aliphatic rings. The molecule has 8 heteroatoms. The Balaban J connectivity index is 2.11. The Bertz CT molecular complexity index is 555. The van der Waals surface area contributed by atoms with Crippen LogP contribution >= 0.6 is 0 Å². The number of amides is 2. The summed E-state index contributed by atoms with van der Waals surface area (Å²) in [7, 11) is 0. The summed E-state index contributed by atoms with van der Waals surface area (Å²) in [6.45, 7) is 17.4. The molecule has 8 nitrogen and oxygen atoms in total. The van der Waals surface area contributed by atoms with Crippen LogP contribution in [0, 0.1) is 0 Å². The SMILES string of the molecule is C[C@H]1COCCN1C[C@H]1CN(C(=O)OC(C)(C)C)CCN1C(=O)OC(C)(C)C. The maximum Gasteiger partial charge on any atom is 0.410 e. The van der Waals surface area contributed by atoms with Crippen LogP contribution in [0.15, 0.2) is 0 Å². The minimum Gasteiger partial charge on any atom is -0.444 e. The van der Waals surface area contributed by atoms with Gasteiger partial charge >= 0.3 is 12.2 Å². The van der Waals surface area contributed by atoms with Gasteiger partial charge in [-0.2, -0.15) is 0 Å². The van der Waals surface area contributed by atoms with E-state index in [9.17, 15) is 9.59 Å². The summed E-state index contributed by atoms with van der Waals surface area (Å²) in [4.78, 5) is 31.1. The average molecular weight is 400 g/mol. The summed E-state index contributed by atoms with van der Waals surface area (Å²) in [5.41, 5.74) is -1.11. The molecular formula is C20H37N3O5. The first-order valence-corrected chi connectivity index (χ1v) is 10.1. The molecule has 0 aromatic carbocycles. The van der Waals surface area contributed by atoms with Crippen molar-refractivity contribution in [3.63, 3.8) is 0 Å². The van der Waals surface area contributed by atoms with E-state index in [1.165, 1.54) is 0 Å². The molecule has 2 saturated heterocycles. The van der Waals surface area contributed by atoms with Crippen LogP contribution in [0.5, 0.6) is 0 Å². The van der Waals surface area contributed by atoms with E-state index in [2.05, 4.69) is 11.8 Å². The van der Waals surface area contributed by atoms with E-state index in [1.807, 2.05) is 41.5 Å². The van der Waals surface area contributed by atoms with Gasteiger partial charge < -0.3 is 24.0 Å². The second-order valence-electron chi connectivity index (χ2n) is 9.67. The highest BCUT2D eigenvalue weighted by molar-refractivity contribution is 5.71. The van der Waals surface area contributed by atoms with Gasteiger partial charge in [-0.15, -0.1) is 0 Å². The number of rotatable bonds is 2. The largest absolute Gasteiger partial charge is 0.444 e. The number of piperazine rings is 1. The molecule has 2 aliphatic heterocycles. The Morgan fingerprint density at radius 2 is 1.57 bits per heavy atom. The molecule has 2 rings (SSSR count). The zero-order valence-corrected chi connectivity index (χ0v) is 18.5. The van der Waals surface area contributed by atoms with Crippen LogP contribution in [0.2, 0.25) is 0 Å². The highest BCUT2D eigenvalue weighted by Gasteiger charge is 2.38. The van der Waals surface area contributed by atoms with Crippen molar-refractivity contribution in [1.82, 2.24) is 14.7 Å². The maximum atomic E-state index is 12.8. The number of morpholine rings is 1. The van der Waals surface area contributed by atoms with Crippen molar-refractivity contribution >= 4 is 12.2 Å². The highest BCUT2D eigenvalue weighted by atomic mass is 16.6. The van der Waals surface area contributed by atoms with Crippen LogP contribution in [-0.4, -0.2) is 96.1 Å². The summed E-state index contributed by atoms with van der Waals surface area (Å²) < 4.78 is 16.7. The van der Waals surface area contributed by atoms with Gasteiger partial charge in [0.2, 0.25) is 0 Å². The van der Waals surface area contributed by atoms with E-state index < -0.39 is 11.2 Å². The Labute approximate surface area is 169 Å². The fourth-order valence-electron chi connectivity index (χ4n) is 3.37. The molecule has 2 fully saturated rings. The topological polar surface area (TPSA) is 71.6 Å². The lowest BCUT2D eigenvalue weighted by molar-refractivity contribution is -0.0389. The lowest BCUT2D eigenvalue weighted by Gasteiger charge is -2.45. The number of nitrogens with zero attached hydrogens (tertiary/aromatic N) is 3. The van der Waals surface area contributed by atoms with Crippen molar-refractivity contribution in [2.45, 2.75) is 71.8 Å². The monoisotopic (exact) mass is 399 g/mol. The van der Waals surface area contributed by atoms with Crippen LogP contribution in [0.4, 0.5) is 9.59 Å². The normalized spacial score (nSPS) is 24.8. The Hall–Kier alpha value is -1.54. The third-order valence-corrected chi connectivity index (χ3v) is 4.71.